The third-order valence-corrected chi connectivity index (χ3v) is 1.36. The quantitative estimate of drug-likeness (QED) is 0.571. The molecule has 0 saturated heterocycles. The van der Waals surface area contributed by atoms with E-state index < -0.39 is 0 Å². The topological polar surface area (TPSA) is 45.9 Å². The summed E-state index contributed by atoms with van der Waals surface area (Å²) in [6.45, 7) is 0. The first-order valence-corrected chi connectivity index (χ1v) is 3.22. The molecule has 58 valence electrons. The van der Waals surface area contributed by atoms with Crippen LogP contribution >= 0.6 is 0 Å². The lowest BCUT2D eigenvalue weighted by Crippen LogP contribution is -1.91. The predicted molar refractivity (Wildman–Crippen MR) is 43.4 cm³/mol. The average Bonchev–Trinajstić information content (AvgIpc) is 2.16. The van der Waals surface area contributed by atoms with Gasteiger partial charge in [-0.15, -0.1) is 6.42 Å². The first kappa shape index (κ1) is 8.10. The van der Waals surface area contributed by atoms with Crippen molar-refractivity contribution in [3.05, 3.63) is 23.5 Å². The number of hydrogen-bond acceptors (Lipinski definition) is 3. The number of pyridine rings is 1. The molecule has 0 amide bonds. The molecule has 1 aromatic heterocycles. The van der Waals surface area contributed by atoms with E-state index in [-0.39, 0.29) is 5.69 Å². The third kappa shape index (κ3) is 1.36. The molecular weight excluding hydrogens is 152 g/mol. The standard InChI is InChI=1S/C9H6N2O/c1-3-7-4-8(12-2)6-11-9(7)5-10/h1,4,6H,2H3. The maximum Gasteiger partial charge on any atom is 0.156 e. The molecule has 12 heavy (non-hydrogen) atoms. The van der Waals surface area contributed by atoms with Crippen molar-refractivity contribution in [3.8, 4) is 24.2 Å². The van der Waals surface area contributed by atoms with Crippen LogP contribution in [0.3, 0.4) is 0 Å². The van der Waals surface area contributed by atoms with Gasteiger partial charge in [0, 0.05) is 6.07 Å². The second kappa shape index (κ2) is 3.41. The number of aromatic nitrogens is 1. The summed E-state index contributed by atoms with van der Waals surface area (Å²) in [7, 11) is 1.52. The molecular formula is C9H6N2O. The van der Waals surface area contributed by atoms with Crippen molar-refractivity contribution in [2.45, 2.75) is 0 Å². The van der Waals surface area contributed by atoms with E-state index in [1.54, 1.807) is 6.07 Å². The first-order chi connectivity index (χ1) is 5.81. The molecule has 0 aromatic carbocycles. The van der Waals surface area contributed by atoms with Gasteiger partial charge in [-0.25, -0.2) is 4.98 Å². The van der Waals surface area contributed by atoms with Gasteiger partial charge in [0.2, 0.25) is 0 Å². The molecule has 0 aliphatic rings. The summed E-state index contributed by atoms with van der Waals surface area (Å²) >= 11 is 0. The fraction of sp³-hybridized carbons (Fsp3) is 0.111. The molecule has 0 fully saturated rings. The smallest absolute Gasteiger partial charge is 0.156 e. The van der Waals surface area contributed by atoms with E-state index in [1.807, 2.05) is 6.07 Å². The van der Waals surface area contributed by atoms with Crippen LogP contribution in [0.4, 0.5) is 0 Å². The van der Waals surface area contributed by atoms with E-state index in [9.17, 15) is 0 Å². The zero-order valence-electron chi connectivity index (χ0n) is 6.53. The van der Waals surface area contributed by atoms with Crippen molar-refractivity contribution in [1.82, 2.24) is 4.98 Å². The minimum Gasteiger partial charge on any atom is -0.495 e. The lowest BCUT2D eigenvalue weighted by molar-refractivity contribution is 0.412. The third-order valence-electron chi connectivity index (χ3n) is 1.36. The second-order valence-corrected chi connectivity index (χ2v) is 2.03. The Labute approximate surface area is 70.6 Å². The molecule has 0 radical (unpaired) electrons. The van der Waals surface area contributed by atoms with Gasteiger partial charge < -0.3 is 4.74 Å². The second-order valence-electron chi connectivity index (χ2n) is 2.03. The fourth-order valence-corrected chi connectivity index (χ4v) is 0.756. The molecule has 0 spiro atoms. The van der Waals surface area contributed by atoms with E-state index >= 15 is 0 Å². The number of ether oxygens (including phenoxy) is 1. The average molecular weight is 158 g/mol. The Morgan fingerprint density at radius 1 is 1.67 bits per heavy atom. The van der Waals surface area contributed by atoms with Crippen LogP contribution in [0.1, 0.15) is 11.3 Å². The highest BCUT2D eigenvalue weighted by molar-refractivity contribution is 5.45. The van der Waals surface area contributed by atoms with Crippen molar-refractivity contribution in [2.75, 3.05) is 7.11 Å². The zero-order valence-corrected chi connectivity index (χ0v) is 6.53. The van der Waals surface area contributed by atoms with Crippen LogP contribution in [0.25, 0.3) is 0 Å². The Hall–Kier alpha value is -2.00. The lowest BCUT2D eigenvalue weighted by atomic mass is 10.2. The van der Waals surface area contributed by atoms with Crippen LogP contribution in [0, 0.1) is 23.7 Å². The minimum atomic E-state index is 0.248. The van der Waals surface area contributed by atoms with Gasteiger partial charge in [0.05, 0.1) is 18.9 Å². The zero-order chi connectivity index (χ0) is 8.97. The van der Waals surface area contributed by atoms with Gasteiger partial charge in [-0.3, -0.25) is 0 Å². The van der Waals surface area contributed by atoms with Gasteiger partial charge >= 0.3 is 0 Å². The van der Waals surface area contributed by atoms with Crippen molar-refractivity contribution in [3.63, 3.8) is 0 Å². The molecule has 0 bridgehead atoms. The summed E-state index contributed by atoms with van der Waals surface area (Å²) in [6.07, 6.45) is 6.61. The van der Waals surface area contributed by atoms with Gasteiger partial charge in [0.25, 0.3) is 0 Å². The SMILES string of the molecule is C#Cc1cc(OC)cnc1C#N. The van der Waals surface area contributed by atoms with Gasteiger partial charge in [-0.2, -0.15) is 5.26 Å². The highest BCUT2D eigenvalue weighted by Gasteiger charge is 2.01. The van der Waals surface area contributed by atoms with Gasteiger partial charge in [0.15, 0.2) is 5.69 Å². The number of nitrogens with zero attached hydrogens (tertiary/aromatic N) is 2. The highest BCUT2D eigenvalue weighted by atomic mass is 16.5. The highest BCUT2D eigenvalue weighted by Crippen LogP contribution is 2.12. The monoisotopic (exact) mass is 158 g/mol. The van der Waals surface area contributed by atoms with E-state index in [1.165, 1.54) is 13.3 Å². The minimum absolute atomic E-state index is 0.248. The summed E-state index contributed by atoms with van der Waals surface area (Å²) in [5.74, 6) is 2.91. The van der Waals surface area contributed by atoms with Crippen LogP contribution in [-0.4, -0.2) is 12.1 Å². The Bertz CT molecular complexity index is 371. The molecule has 0 aliphatic heterocycles. The molecule has 1 heterocycles. The van der Waals surface area contributed by atoms with E-state index in [0.717, 1.165) is 0 Å². The summed E-state index contributed by atoms with van der Waals surface area (Å²) in [6, 6.07) is 3.49. The Balaban J connectivity index is 3.25. The molecule has 1 rings (SSSR count). The Kier molecular flexibility index (Phi) is 2.30. The molecule has 3 nitrogen and oxygen atoms in total. The molecule has 0 atom stereocenters. The normalized spacial score (nSPS) is 8.25. The molecule has 1 aromatic rings. The van der Waals surface area contributed by atoms with Gasteiger partial charge in [0.1, 0.15) is 11.8 Å². The largest absolute Gasteiger partial charge is 0.495 e. The van der Waals surface area contributed by atoms with Crippen LogP contribution in [-0.2, 0) is 0 Å². The summed E-state index contributed by atoms with van der Waals surface area (Å²) in [5.41, 5.74) is 0.704. The Morgan fingerprint density at radius 3 is 2.92 bits per heavy atom. The van der Waals surface area contributed by atoms with Crippen LogP contribution in [0.15, 0.2) is 12.3 Å². The van der Waals surface area contributed by atoms with Gasteiger partial charge in [-0.1, -0.05) is 5.92 Å². The molecule has 3 heteroatoms. The fourth-order valence-electron chi connectivity index (χ4n) is 0.756. The summed E-state index contributed by atoms with van der Waals surface area (Å²) < 4.78 is 4.89. The molecule has 0 unspecified atom stereocenters. The summed E-state index contributed by atoms with van der Waals surface area (Å²) in [4.78, 5) is 3.81. The van der Waals surface area contributed by atoms with Crippen molar-refractivity contribution >= 4 is 0 Å². The van der Waals surface area contributed by atoms with Crippen LogP contribution in [0.5, 0.6) is 5.75 Å². The van der Waals surface area contributed by atoms with Crippen molar-refractivity contribution < 1.29 is 4.74 Å². The number of methoxy groups -OCH3 is 1. The Morgan fingerprint density at radius 2 is 2.42 bits per heavy atom. The number of hydrogen-bond donors (Lipinski definition) is 0. The van der Waals surface area contributed by atoms with Crippen molar-refractivity contribution in [1.29, 1.82) is 5.26 Å². The van der Waals surface area contributed by atoms with Crippen LogP contribution in [0.2, 0.25) is 0 Å². The molecule has 0 aliphatic carbocycles. The first-order valence-electron chi connectivity index (χ1n) is 3.22. The van der Waals surface area contributed by atoms with E-state index in [2.05, 4.69) is 10.9 Å². The predicted octanol–water partition coefficient (Wildman–Crippen LogP) is 0.943. The number of rotatable bonds is 1. The lowest BCUT2D eigenvalue weighted by Gasteiger charge is -1.99. The van der Waals surface area contributed by atoms with Crippen molar-refractivity contribution in [2.24, 2.45) is 0 Å². The maximum atomic E-state index is 8.56. The number of nitriles is 1. The maximum absolute atomic E-state index is 8.56. The van der Waals surface area contributed by atoms with E-state index in [4.69, 9.17) is 16.4 Å². The van der Waals surface area contributed by atoms with Crippen LogP contribution < -0.4 is 4.74 Å². The summed E-state index contributed by atoms with van der Waals surface area (Å²) in [5, 5.41) is 8.56. The molecule has 0 N–H and O–H groups in total. The van der Waals surface area contributed by atoms with E-state index in [0.29, 0.717) is 11.3 Å². The molecule has 0 saturated carbocycles. The number of terminal acetylenes is 1. The van der Waals surface area contributed by atoms with Gasteiger partial charge in [-0.05, 0) is 0 Å².